The lowest BCUT2D eigenvalue weighted by atomic mass is 10.1. The lowest BCUT2D eigenvalue weighted by Gasteiger charge is -2.20. The van der Waals surface area contributed by atoms with Crippen molar-refractivity contribution >= 4 is 65.1 Å². The van der Waals surface area contributed by atoms with Crippen molar-refractivity contribution in [1.29, 1.82) is 0 Å². The number of aryl methyl sites for hydroxylation is 1. The summed E-state index contributed by atoms with van der Waals surface area (Å²) >= 11 is 12.7. The first-order valence-electron chi connectivity index (χ1n) is 9.24. The highest BCUT2D eigenvalue weighted by molar-refractivity contribution is 9.11. The molecule has 0 aliphatic rings. The maximum atomic E-state index is 13.2. The molecule has 0 heterocycles. The fourth-order valence-corrected chi connectivity index (χ4v) is 5.84. The standard InChI is InChI=1S/C22H19Br2ClN2O3S/c1-14-11-16(23)13-19(24)21(14)26-22(28)20(12-15-5-3-2-4-6-15)27-31(29,30)18-9-7-17(25)8-10-18/h2-11,13,20,27H,12H2,1H3,(H,26,28). The Kier molecular flexibility index (Phi) is 7.93. The van der Waals surface area contributed by atoms with Crippen molar-refractivity contribution in [3.63, 3.8) is 0 Å². The number of benzene rings is 3. The van der Waals surface area contributed by atoms with E-state index < -0.39 is 22.0 Å². The lowest BCUT2D eigenvalue weighted by Crippen LogP contribution is -2.45. The van der Waals surface area contributed by atoms with Gasteiger partial charge in [-0.2, -0.15) is 4.72 Å². The van der Waals surface area contributed by atoms with Gasteiger partial charge in [0, 0.05) is 14.0 Å². The van der Waals surface area contributed by atoms with Gasteiger partial charge in [0.2, 0.25) is 15.9 Å². The number of hydrogen-bond acceptors (Lipinski definition) is 3. The minimum Gasteiger partial charge on any atom is -0.323 e. The molecule has 0 radical (unpaired) electrons. The lowest BCUT2D eigenvalue weighted by molar-refractivity contribution is -0.117. The quantitative estimate of drug-likeness (QED) is 0.373. The average molecular weight is 587 g/mol. The van der Waals surface area contributed by atoms with E-state index in [1.807, 2.05) is 49.4 Å². The van der Waals surface area contributed by atoms with Crippen LogP contribution < -0.4 is 10.0 Å². The molecule has 3 aromatic carbocycles. The topological polar surface area (TPSA) is 75.3 Å². The van der Waals surface area contributed by atoms with Crippen LogP contribution in [0.15, 0.2) is 80.6 Å². The molecule has 0 saturated heterocycles. The summed E-state index contributed by atoms with van der Waals surface area (Å²) in [7, 11) is -3.95. The van der Waals surface area contributed by atoms with Gasteiger partial charge in [-0.1, -0.05) is 57.9 Å². The molecule has 0 aliphatic carbocycles. The number of halogens is 3. The maximum Gasteiger partial charge on any atom is 0.242 e. The molecule has 9 heteroatoms. The molecule has 0 aromatic heterocycles. The van der Waals surface area contributed by atoms with Crippen LogP contribution in [0.3, 0.4) is 0 Å². The van der Waals surface area contributed by atoms with Crippen molar-refractivity contribution in [2.45, 2.75) is 24.3 Å². The second-order valence-corrected chi connectivity index (χ2v) is 10.8. The maximum absolute atomic E-state index is 13.2. The monoisotopic (exact) mass is 584 g/mol. The van der Waals surface area contributed by atoms with Crippen LogP contribution in [0.2, 0.25) is 5.02 Å². The number of hydrogen-bond donors (Lipinski definition) is 2. The van der Waals surface area contributed by atoms with Crippen LogP contribution in [-0.2, 0) is 21.2 Å². The van der Waals surface area contributed by atoms with E-state index in [9.17, 15) is 13.2 Å². The summed E-state index contributed by atoms with van der Waals surface area (Å²) in [5, 5.41) is 3.28. The molecular formula is C22H19Br2ClN2O3S. The SMILES string of the molecule is Cc1cc(Br)cc(Br)c1NC(=O)C(Cc1ccccc1)NS(=O)(=O)c1ccc(Cl)cc1. The number of amides is 1. The molecule has 0 saturated carbocycles. The van der Waals surface area contributed by atoms with Crippen LogP contribution in [0.5, 0.6) is 0 Å². The largest absolute Gasteiger partial charge is 0.323 e. The number of nitrogens with one attached hydrogen (secondary N) is 2. The number of carbonyl (C=O) groups is 1. The van der Waals surface area contributed by atoms with E-state index >= 15 is 0 Å². The van der Waals surface area contributed by atoms with Gasteiger partial charge in [-0.15, -0.1) is 0 Å². The Labute approximate surface area is 203 Å². The Balaban J connectivity index is 1.91. The van der Waals surface area contributed by atoms with Crippen LogP contribution in [0.25, 0.3) is 0 Å². The Morgan fingerprint density at radius 2 is 1.68 bits per heavy atom. The summed E-state index contributed by atoms with van der Waals surface area (Å²) in [6.45, 7) is 1.86. The second-order valence-electron chi connectivity index (χ2n) is 6.89. The molecule has 31 heavy (non-hydrogen) atoms. The van der Waals surface area contributed by atoms with Crippen LogP contribution in [0, 0.1) is 6.92 Å². The van der Waals surface area contributed by atoms with Crippen molar-refractivity contribution in [2.75, 3.05) is 5.32 Å². The first-order chi connectivity index (χ1) is 14.7. The van der Waals surface area contributed by atoms with Crippen molar-refractivity contribution in [3.05, 3.63) is 91.8 Å². The molecule has 1 amide bonds. The highest BCUT2D eigenvalue weighted by atomic mass is 79.9. The van der Waals surface area contributed by atoms with Gasteiger partial charge in [-0.25, -0.2) is 8.42 Å². The molecule has 1 unspecified atom stereocenters. The number of anilines is 1. The average Bonchev–Trinajstić information content (AvgIpc) is 2.71. The van der Waals surface area contributed by atoms with E-state index in [0.29, 0.717) is 15.2 Å². The molecule has 0 bridgehead atoms. The van der Waals surface area contributed by atoms with Crippen molar-refractivity contribution in [1.82, 2.24) is 4.72 Å². The molecule has 3 rings (SSSR count). The van der Waals surface area contributed by atoms with Gasteiger partial charge in [0.15, 0.2) is 0 Å². The zero-order valence-corrected chi connectivity index (χ0v) is 21.1. The van der Waals surface area contributed by atoms with Gasteiger partial charge in [0.05, 0.1) is 10.6 Å². The van der Waals surface area contributed by atoms with Gasteiger partial charge in [-0.05, 0) is 76.8 Å². The summed E-state index contributed by atoms with van der Waals surface area (Å²) < 4.78 is 29.9. The summed E-state index contributed by atoms with van der Waals surface area (Å²) in [6, 6.07) is 17.7. The third kappa shape index (κ3) is 6.40. The van der Waals surface area contributed by atoms with E-state index in [1.54, 1.807) is 0 Å². The first kappa shape index (κ1) is 23.9. The van der Waals surface area contributed by atoms with E-state index in [1.165, 1.54) is 24.3 Å². The van der Waals surface area contributed by atoms with Gasteiger partial charge in [0.25, 0.3) is 0 Å². The van der Waals surface area contributed by atoms with Crippen molar-refractivity contribution < 1.29 is 13.2 Å². The zero-order valence-electron chi connectivity index (χ0n) is 16.4. The Morgan fingerprint density at radius 1 is 1.03 bits per heavy atom. The second kappa shape index (κ2) is 10.3. The molecular weight excluding hydrogens is 568 g/mol. The smallest absolute Gasteiger partial charge is 0.242 e. The Hall–Kier alpha value is -1.71. The van der Waals surface area contributed by atoms with E-state index in [2.05, 4.69) is 41.9 Å². The highest BCUT2D eigenvalue weighted by Crippen LogP contribution is 2.30. The third-order valence-corrected chi connectivity index (χ3v) is 7.34. The molecule has 2 N–H and O–H groups in total. The molecule has 0 fully saturated rings. The van der Waals surface area contributed by atoms with E-state index in [4.69, 9.17) is 11.6 Å². The summed E-state index contributed by atoms with van der Waals surface area (Å²) in [5.41, 5.74) is 2.23. The predicted molar refractivity (Wildman–Crippen MR) is 131 cm³/mol. The van der Waals surface area contributed by atoms with E-state index in [-0.39, 0.29) is 11.3 Å². The predicted octanol–water partition coefficient (Wildman–Crippen LogP) is 5.70. The number of carbonyl (C=O) groups excluding carboxylic acids is 1. The van der Waals surface area contributed by atoms with Gasteiger partial charge in [-0.3, -0.25) is 4.79 Å². The molecule has 1 atom stereocenters. The fourth-order valence-electron chi connectivity index (χ4n) is 2.98. The number of sulfonamides is 1. The van der Waals surface area contributed by atoms with E-state index in [0.717, 1.165) is 15.6 Å². The molecule has 0 spiro atoms. The van der Waals surface area contributed by atoms with Gasteiger partial charge in [0.1, 0.15) is 6.04 Å². The highest BCUT2D eigenvalue weighted by Gasteiger charge is 2.27. The minimum absolute atomic E-state index is 0.0313. The Bertz CT molecular complexity index is 1160. The molecule has 3 aromatic rings. The molecule has 162 valence electrons. The first-order valence-corrected chi connectivity index (χ1v) is 12.7. The summed E-state index contributed by atoms with van der Waals surface area (Å²) in [6.07, 6.45) is 0.187. The van der Waals surface area contributed by atoms with Gasteiger partial charge < -0.3 is 5.32 Å². The fraction of sp³-hybridized carbons (Fsp3) is 0.136. The molecule has 5 nitrogen and oxygen atoms in total. The Morgan fingerprint density at radius 3 is 2.29 bits per heavy atom. The number of rotatable bonds is 7. The van der Waals surface area contributed by atoms with Crippen molar-refractivity contribution in [3.8, 4) is 0 Å². The van der Waals surface area contributed by atoms with Crippen LogP contribution in [-0.4, -0.2) is 20.4 Å². The minimum atomic E-state index is -3.95. The van der Waals surface area contributed by atoms with Crippen LogP contribution in [0.4, 0.5) is 5.69 Å². The van der Waals surface area contributed by atoms with Crippen molar-refractivity contribution in [2.24, 2.45) is 0 Å². The molecule has 0 aliphatic heterocycles. The van der Waals surface area contributed by atoms with Crippen LogP contribution >= 0.6 is 43.5 Å². The van der Waals surface area contributed by atoms with Crippen LogP contribution in [0.1, 0.15) is 11.1 Å². The zero-order chi connectivity index (χ0) is 22.6. The summed E-state index contributed by atoms with van der Waals surface area (Å²) in [5.74, 6) is -0.465. The van der Waals surface area contributed by atoms with Gasteiger partial charge >= 0.3 is 0 Å². The third-order valence-electron chi connectivity index (χ3n) is 4.52. The normalized spacial score (nSPS) is 12.4. The summed E-state index contributed by atoms with van der Waals surface area (Å²) in [4.78, 5) is 13.2.